The van der Waals surface area contributed by atoms with E-state index in [0.29, 0.717) is 13.0 Å². The quantitative estimate of drug-likeness (QED) is 0.416. The van der Waals surface area contributed by atoms with Gasteiger partial charge in [0.25, 0.3) is 5.09 Å². The number of fused-ring (bicyclic) bond motifs is 1. The van der Waals surface area contributed by atoms with Gasteiger partial charge < -0.3 is 24.5 Å². The lowest BCUT2D eigenvalue weighted by molar-refractivity contribution is -0.769. The first-order valence-corrected chi connectivity index (χ1v) is 10.2. The minimum Gasteiger partial charge on any atom is -0.371 e. The van der Waals surface area contributed by atoms with Crippen LogP contribution in [0.15, 0.2) is 0 Å². The maximum absolute atomic E-state index is 12.8. The van der Waals surface area contributed by atoms with Crippen LogP contribution in [-0.2, 0) is 23.9 Å². The van der Waals surface area contributed by atoms with Gasteiger partial charge in [0.1, 0.15) is 18.2 Å². The lowest BCUT2D eigenvalue weighted by atomic mass is 10.1. The maximum Gasteiger partial charge on any atom is 0.294 e. The molecular weight excluding hydrogens is 380 g/mol. The van der Waals surface area contributed by atoms with E-state index in [4.69, 9.17) is 9.47 Å². The third-order valence-corrected chi connectivity index (χ3v) is 6.35. The molecule has 2 amide bonds. The van der Waals surface area contributed by atoms with Crippen LogP contribution in [0.1, 0.15) is 12.8 Å². The average molecular weight is 402 g/mol. The highest BCUT2D eigenvalue weighted by Gasteiger charge is 2.50. The van der Waals surface area contributed by atoms with Crippen LogP contribution in [0.3, 0.4) is 0 Å². The number of nitrogens with one attached hydrogen (secondary N) is 2. The van der Waals surface area contributed by atoms with E-state index < -0.39 is 35.5 Å². The van der Waals surface area contributed by atoms with E-state index in [1.807, 2.05) is 0 Å². The van der Waals surface area contributed by atoms with Crippen LogP contribution in [0.5, 0.6) is 0 Å². The predicted octanol–water partition coefficient (Wildman–Crippen LogP) is -1.50. The van der Waals surface area contributed by atoms with Gasteiger partial charge in [0.2, 0.25) is 11.8 Å². The van der Waals surface area contributed by atoms with Gasteiger partial charge >= 0.3 is 0 Å². The Balaban J connectivity index is 1.35. The van der Waals surface area contributed by atoms with Gasteiger partial charge in [0.05, 0.1) is 25.3 Å². The molecule has 4 fully saturated rings. The Hall–Kier alpha value is -1.63. The summed E-state index contributed by atoms with van der Waals surface area (Å²) in [5, 5.41) is 15.7. The summed E-state index contributed by atoms with van der Waals surface area (Å²) in [5.74, 6) is 1.20. The number of hydrogen-bond donors (Lipinski definition) is 2. The molecule has 4 rings (SSSR count). The van der Waals surface area contributed by atoms with Crippen molar-refractivity contribution in [3.8, 4) is 0 Å². The Morgan fingerprint density at radius 1 is 1.30 bits per heavy atom. The molecule has 27 heavy (non-hydrogen) atoms. The molecule has 4 saturated heterocycles. The average Bonchev–Trinajstić information content (AvgIpc) is 3.41. The Morgan fingerprint density at radius 3 is 2.85 bits per heavy atom. The lowest BCUT2D eigenvalue weighted by Gasteiger charge is -2.28. The van der Waals surface area contributed by atoms with Gasteiger partial charge in [0, 0.05) is 18.2 Å². The number of likely N-dealkylation sites (tertiary alicyclic amines) is 1. The first-order valence-electron chi connectivity index (χ1n) is 9.01. The van der Waals surface area contributed by atoms with Crippen LogP contribution >= 0.6 is 11.8 Å². The van der Waals surface area contributed by atoms with Crippen molar-refractivity contribution in [2.75, 3.05) is 31.4 Å². The molecule has 2 N–H and O–H groups in total. The number of amides is 2. The molecule has 4 aliphatic heterocycles. The molecule has 12 heteroatoms. The van der Waals surface area contributed by atoms with E-state index in [2.05, 4.69) is 15.5 Å². The topological polar surface area (TPSA) is 132 Å². The fourth-order valence-electron chi connectivity index (χ4n) is 4.12. The maximum atomic E-state index is 12.8. The molecule has 0 radical (unpaired) electrons. The van der Waals surface area contributed by atoms with E-state index in [9.17, 15) is 19.7 Å². The highest BCUT2D eigenvalue weighted by atomic mass is 32.2. The zero-order valence-electron chi connectivity index (χ0n) is 14.6. The summed E-state index contributed by atoms with van der Waals surface area (Å²) >= 11 is 1.67. The number of carbonyl (C=O) groups is 2. The minimum atomic E-state index is -0.858. The molecule has 6 atom stereocenters. The minimum absolute atomic E-state index is 0.0326. The molecule has 150 valence electrons. The molecule has 0 aromatic carbocycles. The highest BCUT2D eigenvalue weighted by molar-refractivity contribution is 7.99. The van der Waals surface area contributed by atoms with Crippen LogP contribution in [0, 0.1) is 10.1 Å². The van der Waals surface area contributed by atoms with E-state index in [-0.39, 0.29) is 31.1 Å². The molecule has 1 unspecified atom stereocenters. The first kappa shape index (κ1) is 18.7. The monoisotopic (exact) mass is 402 g/mol. The van der Waals surface area contributed by atoms with E-state index in [1.165, 1.54) is 0 Å². The molecule has 0 spiro atoms. The SMILES string of the molecule is O=C(N[C@H]1CO[C@H]2[C@@H]1OC[C@@H]2O[N+](=O)[O-])[C@@H]1CCCN1C(=O)C1CSCN1. The number of hydrogen-bond acceptors (Lipinski definition) is 9. The van der Waals surface area contributed by atoms with Crippen molar-refractivity contribution in [3.05, 3.63) is 10.1 Å². The van der Waals surface area contributed by atoms with Gasteiger partial charge in [-0.15, -0.1) is 21.9 Å². The third-order valence-electron chi connectivity index (χ3n) is 5.41. The van der Waals surface area contributed by atoms with Crippen molar-refractivity contribution in [1.29, 1.82) is 0 Å². The second-order valence-corrected chi connectivity index (χ2v) is 8.07. The standard InChI is InChI=1S/C15H22N4O7S/c20-14(10-2-1-3-18(10)15(21)9-6-27-7-16-9)17-8-4-24-13-11(26-19(22)23)5-25-12(8)13/h8-13,16H,1-7H2,(H,17,20)/t8-,9?,10-,11-,12+,13+/m0/s1. The van der Waals surface area contributed by atoms with Crippen molar-refractivity contribution in [2.45, 2.75) is 49.3 Å². The zero-order chi connectivity index (χ0) is 19.0. The first-order chi connectivity index (χ1) is 13.0. The second kappa shape index (κ2) is 7.78. The van der Waals surface area contributed by atoms with E-state index in [1.54, 1.807) is 16.7 Å². The van der Waals surface area contributed by atoms with E-state index >= 15 is 0 Å². The zero-order valence-corrected chi connectivity index (χ0v) is 15.4. The largest absolute Gasteiger partial charge is 0.371 e. The highest BCUT2D eigenvalue weighted by Crippen LogP contribution is 2.29. The predicted molar refractivity (Wildman–Crippen MR) is 92.3 cm³/mol. The molecular formula is C15H22N4O7S. The molecule has 4 aliphatic rings. The normalized spacial score (nSPS) is 38.0. The van der Waals surface area contributed by atoms with Gasteiger partial charge in [-0.05, 0) is 12.8 Å². The number of ether oxygens (including phenoxy) is 2. The van der Waals surface area contributed by atoms with Crippen molar-refractivity contribution in [3.63, 3.8) is 0 Å². The third kappa shape index (κ3) is 3.71. The van der Waals surface area contributed by atoms with Crippen LogP contribution in [0.25, 0.3) is 0 Å². The van der Waals surface area contributed by atoms with Crippen LogP contribution in [0.4, 0.5) is 0 Å². The van der Waals surface area contributed by atoms with E-state index in [0.717, 1.165) is 18.1 Å². The molecule has 0 aliphatic carbocycles. The summed E-state index contributed by atoms with van der Waals surface area (Å²) < 4.78 is 11.1. The van der Waals surface area contributed by atoms with Crippen LogP contribution in [0.2, 0.25) is 0 Å². The van der Waals surface area contributed by atoms with Gasteiger partial charge in [-0.3, -0.25) is 14.9 Å². The molecule has 11 nitrogen and oxygen atoms in total. The smallest absolute Gasteiger partial charge is 0.294 e. The summed E-state index contributed by atoms with van der Waals surface area (Å²) in [6, 6.07) is -1.16. The summed E-state index contributed by atoms with van der Waals surface area (Å²) in [5.41, 5.74) is 0. The molecule has 0 saturated carbocycles. The number of rotatable bonds is 5. The number of thioether (sulfide) groups is 1. The molecule has 0 aromatic rings. The van der Waals surface area contributed by atoms with Gasteiger partial charge in [-0.1, -0.05) is 0 Å². The Labute approximate surface area is 159 Å². The van der Waals surface area contributed by atoms with Gasteiger partial charge in [-0.2, -0.15) is 0 Å². The van der Waals surface area contributed by atoms with Crippen molar-refractivity contribution in [2.24, 2.45) is 0 Å². The number of nitrogens with zero attached hydrogens (tertiary/aromatic N) is 2. The summed E-state index contributed by atoms with van der Waals surface area (Å²) in [6.45, 7) is 0.810. The fourth-order valence-corrected chi connectivity index (χ4v) is 5.06. The van der Waals surface area contributed by atoms with Gasteiger partial charge in [0.15, 0.2) is 6.10 Å². The van der Waals surface area contributed by atoms with Crippen LogP contribution < -0.4 is 10.6 Å². The summed E-state index contributed by atoms with van der Waals surface area (Å²) in [4.78, 5) is 42.2. The fraction of sp³-hybridized carbons (Fsp3) is 0.867. The summed E-state index contributed by atoms with van der Waals surface area (Å²) in [7, 11) is 0. The Morgan fingerprint density at radius 2 is 2.11 bits per heavy atom. The second-order valence-electron chi connectivity index (χ2n) is 7.04. The lowest BCUT2D eigenvalue weighted by Crippen LogP contribution is -2.55. The number of carbonyl (C=O) groups excluding carboxylic acids is 2. The van der Waals surface area contributed by atoms with Crippen molar-refractivity contribution in [1.82, 2.24) is 15.5 Å². The molecule has 0 bridgehead atoms. The van der Waals surface area contributed by atoms with Crippen molar-refractivity contribution >= 4 is 23.6 Å². The van der Waals surface area contributed by atoms with Crippen molar-refractivity contribution < 1.29 is 29.0 Å². The Kier molecular flexibility index (Phi) is 5.39. The molecule has 4 heterocycles. The Bertz CT molecular complexity index is 617. The summed E-state index contributed by atoms with van der Waals surface area (Å²) in [6.07, 6.45) is -0.458. The van der Waals surface area contributed by atoms with Crippen LogP contribution in [-0.4, -0.2) is 89.6 Å². The molecule has 0 aromatic heterocycles. The van der Waals surface area contributed by atoms with Gasteiger partial charge in [-0.25, -0.2) is 0 Å².